The Morgan fingerprint density at radius 3 is 2.55 bits per heavy atom. The summed E-state index contributed by atoms with van der Waals surface area (Å²) in [7, 11) is 1.64. The zero-order chi connectivity index (χ0) is 27.1. The van der Waals surface area contributed by atoms with Gasteiger partial charge in [0, 0.05) is 11.5 Å². The maximum Gasteiger partial charge on any atom is 0.228 e. The van der Waals surface area contributed by atoms with Crippen molar-refractivity contribution in [1.29, 1.82) is 0 Å². The van der Waals surface area contributed by atoms with E-state index in [0.717, 1.165) is 50.2 Å². The van der Waals surface area contributed by atoms with Gasteiger partial charge in [-0.25, -0.2) is 14.5 Å². The van der Waals surface area contributed by atoms with Crippen LogP contribution in [0.25, 0.3) is 16.4 Å². The Hall–Kier alpha value is -5.24. The second kappa shape index (κ2) is 9.81. The molecule has 6 aromatic rings. The van der Waals surface area contributed by atoms with Gasteiger partial charge in [0.15, 0.2) is 18.1 Å². The average Bonchev–Trinajstić information content (AvgIpc) is 3.43. The van der Waals surface area contributed by atoms with Crippen LogP contribution in [0.5, 0.6) is 17.4 Å². The lowest BCUT2D eigenvalue weighted by Gasteiger charge is -2.29. The Morgan fingerprint density at radius 2 is 1.73 bits per heavy atom. The Kier molecular flexibility index (Phi) is 5.85. The quantitative estimate of drug-likeness (QED) is 0.181. The maximum absolute atomic E-state index is 6.38. The second-order valence-electron chi connectivity index (χ2n) is 9.58. The summed E-state index contributed by atoms with van der Waals surface area (Å²) < 4.78 is 13.3. The van der Waals surface area contributed by atoms with Gasteiger partial charge < -0.3 is 14.3 Å². The molecule has 1 aliphatic rings. The summed E-state index contributed by atoms with van der Waals surface area (Å²) >= 11 is 0. The molecule has 0 spiro atoms. The molecule has 196 valence electrons. The number of fused-ring (bicyclic) bond motifs is 6. The fraction of sp³-hybridized carbons (Fsp3) is 0.125. The minimum absolute atomic E-state index is 0.111. The molecule has 0 unspecified atom stereocenters. The van der Waals surface area contributed by atoms with Crippen molar-refractivity contribution in [3.8, 4) is 17.4 Å². The van der Waals surface area contributed by atoms with Crippen LogP contribution in [0.2, 0.25) is 0 Å². The van der Waals surface area contributed by atoms with Gasteiger partial charge in [-0.15, -0.1) is 5.10 Å². The van der Waals surface area contributed by atoms with Gasteiger partial charge in [-0.1, -0.05) is 65.8 Å². The van der Waals surface area contributed by atoms with Gasteiger partial charge in [0.25, 0.3) is 0 Å². The summed E-state index contributed by atoms with van der Waals surface area (Å²) in [5, 5.41) is 11.2. The lowest BCUT2D eigenvalue weighted by molar-refractivity contribution is 0.125. The molecule has 1 atom stereocenters. The molecule has 2 aromatic heterocycles. The molecule has 0 N–H and O–H groups in total. The number of aromatic nitrogens is 4. The summed E-state index contributed by atoms with van der Waals surface area (Å²) in [5.74, 6) is 2.46. The molecule has 7 rings (SSSR count). The summed E-state index contributed by atoms with van der Waals surface area (Å²) in [6.45, 7) is 2.00. The van der Waals surface area contributed by atoms with Crippen molar-refractivity contribution in [2.75, 3.05) is 7.11 Å². The fourth-order valence-corrected chi connectivity index (χ4v) is 5.26. The van der Waals surface area contributed by atoms with Crippen LogP contribution in [0.1, 0.15) is 40.9 Å². The van der Waals surface area contributed by atoms with Crippen LogP contribution < -0.4 is 9.47 Å². The van der Waals surface area contributed by atoms with E-state index in [4.69, 9.17) is 19.3 Å². The van der Waals surface area contributed by atoms with E-state index >= 15 is 0 Å². The number of rotatable bonds is 6. The number of benzene rings is 4. The molecule has 8 heteroatoms. The third kappa shape index (κ3) is 4.10. The Bertz CT molecular complexity index is 1880. The number of hydrogen-bond acceptors (Lipinski definition) is 7. The van der Waals surface area contributed by atoms with Crippen LogP contribution in [0.4, 0.5) is 0 Å². The normalized spacial score (nSPS) is 14.4. The van der Waals surface area contributed by atoms with E-state index in [1.54, 1.807) is 18.0 Å². The molecule has 0 bridgehead atoms. The van der Waals surface area contributed by atoms with Gasteiger partial charge in [-0.05, 0) is 59.2 Å². The smallest absolute Gasteiger partial charge is 0.228 e. The van der Waals surface area contributed by atoms with Crippen molar-refractivity contribution >= 4 is 22.1 Å². The van der Waals surface area contributed by atoms with E-state index < -0.39 is 0 Å². The first-order valence-electron chi connectivity index (χ1n) is 13.0. The maximum atomic E-state index is 6.38. The van der Waals surface area contributed by atoms with Gasteiger partial charge in [-0.3, -0.25) is 0 Å². The standard InChI is InChI=1S/C32H25N5O3/c1-20(21-12-15-24(38-2)16-13-21)36-39-18-27-34-31-30-28(23-9-4-3-5-10-23)29-25-11-7-6-8-22(25)14-17-26(29)40-32(30)33-19-37(31)35-27/h3-17,19,28H,18H2,1-2H3/b36-20-/t28-/m1/s1. The monoisotopic (exact) mass is 527 g/mol. The molecule has 0 fully saturated rings. The fourth-order valence-electron chi connectivity index (χ4n) is 5.26. The molecule has 0 saturated heterocycles. The number of ether oxygens (including phenoxy) is 2. The van der Waals surface area contributed by atoms with Crippen LogP contribution in [0.15, 0.2) is 102 Å². The van der Waals surface area contributed by atoms with E-state index in [0.29, 0.717) is 17.4 Å². The zero-order valence-electron chi connectivity index (χ0n) is 22.0. The number of hydrogen-bond donors (Lipinski definition) is 0. The second-order valence-corrected chi connectivity index (χ2v) is 9.58. The molecule has 1 aliphatic heterocycles. The van der Waals surface area contributed by atoms with Gasteiger partial charge in [-0.2, -0.15) is 0 Å². The number of oxime groups is 1. The highest BCUT2D eigenvalue weighted by molar-refractivity contribution is 5.98. The highest BCUT2D eigenvalue weighted by Crippen LogP contribution is 2.50. The first-order chi connectivity index (χ1) is 19.7. The lowest BCUT2D eigenvalue weighted by atomic mass is 9.81. The lowest BCUT2D eigenvalue weighted by Crippen LogP contribution is -2.15. The van der Waals surface area contributed by atoms with E-state index in [-0.39, 0.29) is 12.5 Å². The van der Waals surface area contributed by atoms with E-state index in [2.05, 4.69) is 63.8 Å². The van der Waals surface area contributed by atoms with Crippen molar-refractivity contribution in [2.24, 2.45) is 5.16 Å². The molecule has 0 radical (unpaired) electrons. The molecule has 3 heterocycles. The molecule has 0 saturated carbocycles. The summed E-state index contributed by atoms with van der Waals surface area (Å²) in [4.78, 5) is 15.2. The minimum Gasteiger partial charge on any atom is -0.497 e. The topological polar surface area (TPSA) is 83.1 Å². The van der Waals surface area contributed by atoms with Crippen LogP contribution in [-0.2, 0) is 11.4 Å². The van der Waals surface area contributed by atoms with Crippen LogP contribution >= 0.6 is 0 Å². The van der Waals surface area contributed by atoms with Crippen molar-refractivity contribution in [1.82, 2.24) is 19.6 Å². The SMILES string of the molecule is COc1ccc(/C(C)=N\OCc2nc3c4c(ncn3n2)Oc2ccc3ccccc3c2[C@H]4c2ccccc2)cc1. The van der Waals surface area contributed by atoms with Crippen molar-refractivity contribution < 1.29 is 14.3 Å². The molecule has 8 nitrogen and oxygen atoms in total. The van der Waals surface area contributed by atoms with Crippen molar-refractivity contribution in [2.45, 2.75) is 19.4 Å². The van der Waals surface area contributed by atoms with E-state index in [1.165, 1.54) is 0 Å². The Morgan fingerprint density at radius 1 is 0.925 bits per heavy atom. The highest BCUT2D eigenvalue weighted by Gasteiger charge is 2.34. The number of methoxy groups -OCH3 is 1. The molecule has 0 aliphatic carbocycles. The van der Waals surface area contributed by atoms with Crippen LogP contribution in [0.3, 0.4) is 0 Å². The third-order valence-electron chi connectivity index (χ3n) is 7.18. The zero-order valence-corrected chi connectivity index (χ0v) is 22.0. The van der Waals surface area contributed by atoms with Gasteiger partial charge >= 0.3 is 0 Å². The molecule has 0 amide bonds. The Labute approximate surface area is 230 Å². The summed E-state index contributed by atoms with van der Waals surface area (Å²) in [6, 6.07) is 30.5. The van der Waals surface area contributed by atoms with Crippen molar-refractivity contribution in [3.05, 3.63) is 125 Å². The first-order valence-corrected chi connectivity index (χ1v) is 13.0. The molecule has 40 heavy (non-hydrogen) atoms. The van der Waals surface area contributed by atoms with Crippen molar-refractivity contribution in [3.63, 3.8) is 0 Å². The third-order valence-corrected chi connectivity index (χ3v) is 7.18. The highest BCUT2D eigenvalue weighted by atomic mass is 16.6. The predicted molar refractivity (Wildman–Crippen MR) is 152 cm³/mol. The number of nitrogens with zero attached hydrogens (tertiary/aromatic N) is 5. The summed E-state index contributed by atoms with van der Waals surface area (Å²) in [5.41, 5.74) is 5.44. The minimum atomic E-state index is -0.143. The van der Waals surface area contributed by atoms with E-state index in [9.17, 15) is 0 Å². The Balaban J connectivity index is 1.28. The van der Waals surface area contributed by atoms with Crippen LogP contribution in [0, 0.1) is 0 Å². The van der Waals surface area contributed by atoms with Crippen LogP contribution in [-0.4, -0.2) is 32.4 Å². The molecular weight excluding hydrogens is 502 g/mol. The first kappa shape index (κ1) is 23.8. The van der Waals surface area contributed by atoms with Gasteiger partial charge in [0.2, 0.25) is 5.88 Å². The average molecular weight is 528 g/mol. The molecular formula is C32H25N5O3. The van der Waals surface area contributed by atoms with E-state index in [1.807, 2.05) is 49.4 Å². The largest absolute Gasteiger partial charge is 0.497 e. The predicted octanol–water partition coefficient (Wildman–Crippen LogP) is 6.51. The summed E-state index contributed by atoms with van der Waals surface area (Å²) in [6.07, 6.45) is 1.63. The molecule has 4 aromatic carbocycles. The van der Waals surface area contributed by atoms with Gasteiger partial charge in [0.05, 0.1) is 18.4 Å². The van der Waals surface area contributed by atoms with Gasteiger partial charge in [0.1, 0.15) is 17.8 Å².